The Morgan fingerprint density at radius 2 is 2.18 bits per heavy atom. The molecular formula is C17H21N3OS. The molecule has 1 atom stereocenters. The topological polar surface area (TPSA) is 68.0 Å². The van der Waals surface area contributed by atoms with Crippen molar-refractivity contribution >= 4 is 23.4 Å². The first-order valence-electron chi connectivity index (χ1n) is 7.38. The van der Waals surface area contributed by atoms with E-state index in [4.69, 9.17) is 5.73 Å². The number of carbonyl (C=O) groups excluding carboxylic acids is 1. The first-order valence-corrected chi connectivity index (χ1v) is 8.37. The van der Waals surface area contributed by atoms with E-state index in [1.54, 1.807) is 18.0 Å². The van der Waals surface area contributed by atoms with Crippen LogP contribution in [-0.2, 0) is 10.5 Å². The number of benzene rings is 1. The maximum absolute atomic E-state index is 11.9. The first kappa shape index (κ1) is 16.5. The molecular weight excluding hydrogens is 294 g/mol. The highest BCUT2D eigenvalue weighted by Gasteiger charge is 2.12. The first-order chi connectivity index (χ1) is 10.7. The molecule has 0 saturated heterocycles. The van der Waals surface area contributed by atoms with Crippen LogP contribution in [0.4, 0.5) is 5.69 Å². The third-order valence-corrected chi connectivity index (χ3v) is 4.17. The van der Waals surface area contributed by atoms with Gasteiger partial charge in [0.25, 0.3) is 0 Å². The van der Waals surface area contributed by atoms with E-state index in [1.165, 1.54) is 0 Å². The number of anilines is 1. The number of carbonyl (C=O) groups is 1. The summed E-state index contributed by atoms with van der Waals surface area (Å²) in [4.78, 5) is 16.2. The van der Waals surface area contributed by atoms with E-state index in [-0.39, 0.29) is 5.91 Å². The highest BCUT2D eigenvalue weighted by Crippen LogP contribution is 2.22. The predicted molar refractivity (Wildman–Crippen MR) is 91.8 cm³/mol. The lowest BCUT2D eigenvalue weighted by molar-refractivity contribution is -0.117. The smallest absolute Gasteiger partial charge is 0.241 e. The molecule has 0 aliphatic rings. The zero-order valence-electron chi connectivity index (χ0n) is 12.7. The van der Waals surface area contributed by atoms with E-state index in [0.717, 1.165) is 28.5 Å². The van der Waals surface area contributed by atoms with Crippen LogP contribution < -0.4 is 11.1 Å². The number of thioether (sulfide) groups is 1. The monoisotopic (exact) mass is 315 g/mol. The van der Waals surface area contributed by atoms with Gasteiger partial charge in [-0.05, 0) is 36.2 Å². The summed E-state index contributed by atoms with van der Waals surface area (Å²) in [6, 6.07) is 13.3. The van der Waals surface area contributed by atoms with Crippen LogP contribution >= 0.6 is 11.8 Å². The molecule has 0 fully saturated rings. The minimum atomic E-state index is -0.448. The molecule has 0 radical (unpaired) electrons. The number of nitrogens with one attached hydrogen (secondary N) is 1. The highest BCUT2D eigenvalue weighted by atomic mass is 32.2. The van der Waals surface area contributed by atoms with Gasteiger partial charge >= 0.3 is 0 Å². The van der Waals surface area contributed by atoms with E-state index >= 15 is 0 Å². The standard InChI is InChI=1S/C17H21N3OS/c1-2-6-15(18)17(21)20-14-8-5-7-13(11-14)12-22-16-9-3-4-10-19-16/h3-5,7-11,15H,2,6,12,18H2,1H3,(H,20,21). The maximum Gasteiger partial charge on any atom is 0.241 e. The van der Waals surface area contributed by atoms with E-state index in [2.05, 4.69) is 10.3 Å². The maximum atomic E-state index is 11.9. The van der Waals surface area contributed by atoms with E-state index < -0.39 is 6.04 Å². The van der Waals surface area contributed by atoms with Crippen LogP contribution in [0, 0.1) is 0 Å². The third kappa shape index (κ3) is 5.16. The van der Waals surface area contributed by atoms with Crippen molar-refractivity contribution in [3.63, 3.8) is 0 Å². The molecule has 116 valence electrons. The van der Waals surface area contributed by atoms with Gasteiger partial charge in [0.1, 0.15) is 0 Å². The van der Waals surface area contributed by atoms with Gasteiger partial charge in [-0.1, -0.05) is 31.5 Å². The summed E-state index contributed by atoms with van der Waals surface area (Å²) < 4.78 is 0. The van der Waals surface area contributed by atoms with Gasteiger partial charge in [0, 0.05) is 17.6 Å². The second-order valence-corrected chi connectivity index (χ2v) is 6.04. The van der Waals surface area contributed by atoms with Crippen molar-refractivity contribution in [2.24, 2.45) is 5.73 Å². The fraction of sp³-hybridized carbons (Fsp3) is 0.294. The van der Waals surface area contributed by atoms with Crippen LogP contribution in [0.25, 0.3) is 0 Å². The van der Waals surface area contributed by atoms with Crippen LogP contribution in [0.5, 0.6) is 0 Å². The molecule has 22 heavy (non-hydrogen) atoms. The average Bonchev–Trinajstić information content (AvgIpc) is 2.54. The van der Waals surface area contributed by atoms with E-state index in [1.807, 2.05) is 49.4 Å². The fourth-order valence-corrected chi connectivity index (χ4v) is 2.81. The predicted octanol–water partition coefficient (Wildman–Crippen LogP) is 3.44. The molecule has 1 aromatic heterocycles. The number of nitrogens with zero attached hydrogens (tertiary/aromatic N) is 1. The summed E-state index contributed by atoms with van der Waals surface area (Å²) in [5.74, 6) is 0.679. The van der Waals surface area contributed by atoms with Crippen LogP contribution in [0.15, 0.2) is 53.7 Å². The van der Waals surface area contributed by atoms with Crippen LogP contribution in [0.1, 0.15) is 25.3 Å². The summed E-state index contributed by atoms with van der Waals surface area (Å²) in [5.41, 5.74) is 7.75. The number of nitrogens with two attached hydrogens (primary N) is 1. The number of rotatable bonds is 7. The van der Waals surface area contributed by atoms with Gasteiger partial charge < -0.3 is 11.1 Å². The van der Waals surface area contributed by atoms with Crippen molar-refractivity contribution in [1.82, 2.24) is 4.98 Å². The summed E-state index contributed by atoms with van der Waals surface area (Å²) in [5, 5.41) is 3.86. The second kappa shape index (κ2) is 8.56. The van der Waals surface area contributed by atoms with Crippen LogP contribution in [0.3, 0.4) is 0 Å². The van der Waals surface area contributed by atoms with Gasteiger partial charge in [0.15, 0.2) is 0 Å². The Morgan fingerprint density at radius 3 is 2.91 bits per heavy atom. The van der Waals surface area contributed by atoms with Gasteiger partial charge in [-0.3, -0.25) is 4.79 Å². The molecule has 1 heterocycles. The SMILES string of the molecule is CCCC(N)C(=O)Nc1cccc(CSc2ccccn2)c1. The lowest BCUT2D eigenvalue weighted by Crippen LogP contribution is -2.35. The quantitative estimate of drug-likeness (QED) is 0.768. The van der Waals surface area contributed by atoms with Gasteiger partial charge in [-0.2, -0.15) is 0 Å². The molecule has 2 rings (SSSR count). The molecule has 5 heteroatoms. The molecule has 0 aliphatic carbocycles. The van der Waals surface area contributed by atoms with E-state index in [0.29, 0.717) is 6.42 Å². The van der Waals surface area contributed by atoms with Gasteiger partial charge in [-0.15, -0.1) is 11.8 Å². The largest absolute Gasteiger partial charge is 0.325 e. The van der Waals surface area contributed by atoms with Crippen molar-refractivity contribution in [1.29, 1.82) is 0 Å². The Balaban J connectivity index is 1.93. The molecule has 4 nitrogen and oxygen atoms in total. The Bertz CT molecular complexity index is 604. The number of hydrogen-bond acceptors (Lipinski definition) is 4. The number of amides is 1. The Hall–Kier alpha value is -1.85. The zero-order valence-corrected chi connectivity index (χ0v) is 13.5. The highest BCUT2D eigenvalue weighted by molar-refractivity contribution is 7.98. The van der Waals surface area contributed by atoms with Crippen molar-refractivity contribution in [2.75, 3.05) is 5.32 Å². The van der Waals surface area contributed by atoms with Gasteiger partial charge in [0.2, 0.25) is 5.91 Å². The zero-order chi connectivity index (χ0) is 15.8. The molecule has 1 amide bonds. The second-order valence-electron chi connectivity index (χ2n) is 5.04. The molecule has 0 aliphatic heterocycles. The molecule has 3 N–H and O–H groups in total. The van der Waals surface area contributed by atoms with Crippen molar-refractivity contribution < 1.29 is 4.79 Å². The fourth-order valence-electron chi connectivity index (χ4n) is 2.01. The summed E-state index contributed by atoms with van der Waals surface area (Å²) >= 11 is 1.67. The number of pyridine rings is 1. The Labute approximate surface area is 135 Å². The lowest BCUT2D eigenvalue weighted by Gasteiger charge is -2.12. The molecule has 0 bridgehead atoms. The molecule has 0 saturated carbocycles. The van der Waals surface area contributed by atoms with Crippen molar-refractivity contribution in [3.8, 4) is 0 Å². The van der Waals surface area contributed by atoms with Crippen molar-refractivity contribution in [3.05, 3.63) is 54.2 Å². The third-order valence-electron chi connectivity index (χ3n) is 3.16. The molecule has 0 spiro atoms. The normalized spacial score (nSPS) is 11.9. The number of aromatic nitrogens is 1. The molecule has 1 aromatic carbocycles. The molecule has 2 aromatic rings. The van der Waals surface area contributed by atoms with Crippen LogP contribution in [-0.4, -0.2) is 16.9 Å². The minimum absolute atomic E-state index is 0.128. The van der Waals surface area contributed by atoms with Gasteiger partial charge in [0.05, 0.1) is 11.1 Å². The molecule has 1 unspecified atom stereocenters. The Kier molecular flexibility index (Phi) is 6.43. The summed E-state index contributed by atoms with van der Waals surface area (Å²) in [6.07, 6.45) is 3.38. The van der Waals surface area contributed by atoms with Crippen LogP contribution in [0.2, 0.25) is 0 Å². The average molecular weight is 315 g/mol. The van der Waals surface area contributed by atoms with E-state index in [9.17, 15) is 4.79 Å². The summed E-state index contributed by atoms with van der Waals surface area (Å²) in [6.45, 7) is 2.02. The minimum Gasteiger partial charge on any atom is -0.325 e. The number of hydrogen-bond donors (Lipinski definition) is 2. The lowest BCUT2D eigenvalue weighted by atomic mass is 10.1. The Morgan fingerprint density at radius 1 is 1.32 bits per heavy atom. The summed E-state index contributed by atoms with van der Waals surface area (Å²) in [7, 11) is 0. The van der Waals surface area contributed by atoms with Crippen molar-refractivity contribution in [2.45, 2.75) is 36.6 Å². The van der Waals surface area contributed by atoms with Gasteiger partial charge in [-0.25, -0.2) is 4.98 Å².